The minimum atomic E-state index is -3.47. The van der Waals surface area contributed by atoms with Gasteiger partial charge < -0.3 is 29.4 Å². The molecule has 6 atom stereocenters. The number of nitrogen functional groups attached to an aromatic ring is 1. The van der Waals surface area contributed by atoms with Gasteiger partial charge in [-0.25, -0.2) is 24.4 Å². The normalized spacial score (nSPS) is 25.8. The number of aromatic nitrogens is 4. The van der Waals surface area contributed by atoms with Gasteiger partial charge in [-0.2, -0.15) is 0 Å². The summed E-state index contributed by atoms with van der Waals surface area (Å²) in [6.07, 6.45) is -2.58. The average Bonchev–Trinajstić information content (AvgIpc) is 3.37. The Morgan fingerprint density at radius 1 is 1.34 bits per heavy atom. The third-order valence-electron chi connectivity index (χ3n) is 5.45. The Hall–Kier alpha value is -2.45. The predicted octanol–water partition coefficient (Wildman–Crippen LogP) is 2.82. The number of aliphatic hydroxyl groups excluding tert-OH is 1. The molecule has 0 radical (unpaired) electrons. The summed E-state index contributed by atoms with van der Waals surface area (Å²) in [6, 6.07) is 7.67. The molecule has 1 aliphatic heterocycles. The maximum atomic E-state index is 15.6. The quantitative estimate of drug-likeness (QED) is 0.181. The molecule has 206 valence electrons. The van der Waals surface area contributed by atoms with Gasteiger partial charge in [-0.05, 0) is 44.7 Å². The third kappa shape index (κ3) is 6.07. The molecule has 4 rings (SSSR count). The minimum absolute atomic E-state index is 0.0844. The van der Waals surface area contributed by atoms with Gasteiger partial charge in [0, 0.05) is 0 Å². The average molecular weight is 589 g/mol. The molecule has 0 amide bonds. The van der Waals surface area contributed by atoms with Crippen molar-refractivity contribution in [2.75, 3.05) is 12.3 Å². The molecule has 16 heteroatoms. The topological polar surface area (TPSA) is 156 Å². The Balaban J connectivity index is 1.54. The standard InChI is InChI=1S/C22H27ClFN6O6PS/c1-12(2)34-20(32)13(3)29-37(38,36-14-7-5-4-6-8-14)33-9-15-17(31)22(23,24)21(35-15)30-11-28-16-18(25)26-10-27-19(16)30/h4-8,10-13,15,17,21,31H,9H2,1-3H3,(H,29,38)(H2,25,26,27)/t13-,15+,17+,21+,22+,37+/m0/s1. The molecule has 0 bridgehead atoms. The van der Waals surface area contributed by atoms with Crippen molar-refractivity contribution in [3.05, 3.63) is 43.0 Å². The first kappa shape index (κ1) is 28.6. The van der Waals surface area contributed by atoms with Crippen LogP contribution in [0, 0.1) is 0 Å². The Kier molecular flexibility index (Phi) is 8.52. The number of hydrogen-bond donors (Lipinski definition) is 3. The van der Waals surface area contributed by atoms with E-state index in [2.05, 4.69) is 20.0 Å². The van der Waals surface area contributed by atoms with Crippen molar-refractivity contribution in [2.45, 2.75) is 56.5 Å². The maximum Gasteiger partial charge on any atom is 0.323 e. The lowest BCUT2D eigenvalue weighted by Gasteiger charge is -2.28. The summed E-state index contributed by atoms with van der Waals surface area (Å²) in [5.41, 5.74) is 6.19. The molecule has 0 unspecified atom stereocenters. The molecule has 3 heterocycles. The summed E-state index contributed by atoms with van der Waals surface area (Å²) in [5.74, 6) is -0.109. The molecule has 0 saturated carbocycles. The number of nitrogens with zero attached hydrogens (tertiary/aromatic N) is 4. The van der Waals surface area contributed by atoms with Crippen molar-refractivity contribution < 1.29 is 32.8 Å². The fraction of sp³-hybridized carbons (Fsp3) is 0.455. The van der Waals surface area contributed by atoms with E-state index in [1.165, 1.54) is 17.2 Å². The number of imidazole rings is 1. The summed E-state index contributed by atoms with van der Waals surface area (Å²) >= 11 is 11.8. The van der Waals surface area contributed by atoms with Crippen LogP contribution in [0.1, 0.15) is 27.0 Å². The van der Waals surface area contributed by atoms with Gasteiger partial charge in [-0.15, -0.1) is 0 Å². The lowest BCUT2D eigenvalue weighted by atomic mass is 10.1. The van der Waals surface area contributed by atoms with Crippen molar-refractivity contribution in [1.29, 1.82) is 0 Å². The lowest BCUT2D eigenvalue weighted by molar-refractivity contribution is -0.149. The first-order chi connectivity index (χ1) is 17.9. The summed E-state index contributed by atoms with van der Waals surface area (Å²) in [7, 11) is 0. The first-order valence-electron chi connectivity index (χ1n) is 11.5. The number of para-hydroxylation sites is 1. The van der Waals surface area contributed by atoms with Crippen LogP contribution < -0.4 is 15.3 Å². The number of carbonyl (C=O) groups is 1. The number of esters is 1. The second-order valence-corrected chi connectivity index (χ2v) is 12.5. The minimum Gasteiger partial charge on any atom is -0.462 e. The van der Waals surface area contributed by atoms with E-state index in [1.807, 2.05) is 0 Å². The number of ether oxygens (including phenoxy) is 2. The summed E-state index contributed by atoms with van der Waals surface area (Å²) in [6.45, 7) is 1.07. The number of carbonyl (C=O) groups excluding carboxylic acids is 1. The van der Waals surface area contributed by atoms with E-state index in [1.54, 1.807) is 51.1 Å². The van der Waals surface area contributed by atoms with E-state index in [4.69, 9.17) is 47.7 Å². The molecule has 12 nitrogen and oxygen atoms in total. The Labute approximate surface area is 227 Å². The number of alkyl halides is 2. The lowest BCUT2D eigenvalue weighted by Crippen LogP contribution is -2.40. The van der Waals surface area contributed by atoms with Gasteiger partial charge in [0.05, 0.1) is 19.0 Å². The second-order valence-electron chi connectivity index (χ2n) is 8.76. The van der Waals surface area contributed by atoms with Crippen LogP contribution in [0.5, 0.6) is 5.75 Å². The zero-order chi connectivity index (χ0) is 27.7. The molecule has 0 spiro atoms. The van der Waals surface area contributed by atoms with Crippen LogP contribution in [0.2, 0.25) is 0 Å². The van der Waals surface area contributed by atoms with Crippen LogP contribution in [0.25, 0.3) is 11.2 Å². The number of rotatable bonds is 10. The van der Waals surface area contributed by atoms with E-state index in [0.717, 1.165) is 0 Å². The van der Waals surface area contributed by atoms with E-state index in [0.29, 0.717) is 5.75 Å². The predicted molar refractivity (Wildman–Crippen MR) is 140 cm³/mol. The molecule has 1 fully saturated rings. The van der Waals surface area contributed by atoms with E-state index in [9.17, 15) is 9.90 Å². The van der Waals surface area contributed by atoms with Crippen LogP contribution in [0.3, 0.4) is 0 Å². The van der Waals surface area contributed by atoms with Gasteiger partial charge in [-0.3, -0.25) is 9.36 Å². The zero-order valence-corrected chi connectivity index (χ0v) is 23.1. The van der Waals surface area contributed by atoms with Crippen LogP contribution in [-0.4, -0.2) is 66.7 Å². The second kappa shape index (κ2) is 11.3. The van der Waals surface area contributed by atoms with Crippen molar-refractivity contribution in [3.63, 3.8) is 0 Å². The van der Waals surface area contributed by atoms with Crippen LogP contribution in [0.15, 0.2) is 43.0 Å². The van der Waals surface area contributed by atoms with Gasteiger partial charge in [0.15, 0.2) is 17.7 Å². The van der Waals surface area contributed by atoms with Gasteiger partial charge in [0.25, 0.3) is 5.13 Å². The molecular weight excluding hydrogens is 562 g/mol. The van der Waals surface area contributed by atoms with Gasteiger partial charge in [0.1, 0.15) is 35.8 Å². The Morgan fingerprint density at radius 3 is 2.74 bits per heavy atom. The van der Waals surface area contributed by atoms with E-state index >= 15 is 4.39 Å². The molecule has 1 aliphatic rings. The fourth-order valence-electron chi connectivity index (χ4n) is 3.65. The van der Waals surface area contributed by atoms with E-state index < -0.39 is 48.8 Å². The molecule has 1 saturated heterocycles. The molecule has 0 aliphatic carbocycles. The highest BCUT2D eigenvalue weighted by atomic mass is 35.5. The van der Waals surface area contributed by atoms with Crippen LogP contribution >= 0.6 is 18.2 Å². The van der Waals surface area contributed by atoms with Crippen molar-refractivity contribution in [1.82, 2.24) is 24.6 Å². The number of benzene rings is 1. The Bertz CT molecular complexity index is 1330. The van der Waals surface area contributed by atoms with Crippen molar-refractivity contribution in [3.8, 4) is 5.75 Å². The number of nitrogens with two attached hydrogens (primary N) is 1. The van der Waals surface area contributed by atoms with E-state index in [-0.39, 0.29) is 23.1 Å². The van der Waals surface area contributed by atoms with Gasteiger partial charge >= 0.3 is 12.6 Å². The SMILES string of the molecule is CC(C)OC(=O)[C@H](C)N[P@@](=S)(OC[C@H]1O[C@@H](n2cnc3c(N)ncnc32)[C@@](F)(Cl)[C@@H]1O)Oc1ccccc1. The highest BCUT2D eigenvalue weighted by molar-refractivity contribution is 8.09. The van der Waals surface area contributed by atoms with Gasteiger partial charge in [-0.1, -0.05) is 29.8 Å². The number of fused-ring (bicyclic) bond motifs is 1. The van der Waals surface area contributed by atoms with Gasteiger partial charge in [0.2, 0.25) is 0 Å². The molecular formula is C22H27ClFN6O6PS. The largest absolute Gasteiger partial charge is 0.462 e. The Morgan fingerprint density at radius 2 is 2.05 bits per heavy atom. The number of aliphatic hydroxyl groups is 1. The number of anilines is 1. The number of halogens is 2. The fourth-order valence-corrected chi connectivity index (χ4v) is 6.37. The summed E-state index contributed by atoms with van der Waals surface area (Å²) in [5, 5.41) is 10.8. The third-order valence-corrected chi connectivity index (χ3v) is 8.36. The summed E-state index contributed by atoms with van der Waals surface area (Å²) < 4.78 is 39.6. The monoisotopic (exact) mass is 588 g/mol. The molecule has 2 aromatic heterocycles. The van der Waals surface area contributed by atoms with Crippen LogP contribution in [0.4, 0.5) is 10.2 Å². The number of hydrogen-bond acceptors (Lipinski definition) is 11. The maximum absolute atomic E-state index is 15.6. The molecule has 4 N–H and O–H groups in total. The zero-order valence-electron chi connectivity index (χ0n) is 20.6. The molecule has 1 aromatic carbocycles. The van der Waals surface area contributed by atoms with Crippen molar-refractivity contribution >= 4 is 53.0 Å². The number of nitrogens with one attached hydrogen (secondary N) is 1. The van der Waals surface area contributed by atoms with Crippen LogP contribution in [-0.2, 0) is 30.6 Å². The highest BCUT2D eigenvalue weighted by Crippen LogP contribution is 2.49. The molecule has 38 heavy (non-hydrogen) atoms. The smallest absolute Gasteiger partial charge is 0.323 e. The highest BCUT2D eigenvalue weighted by Gasteiger charge is 2.58. The van der Waals surface area contributed by atoms with Crippen molar-refractivity contribution in [2.24, 2.45) is 0 Å². The first-order valence-corrected chi connectivity index (χ1v) is 14.5. The molecule has 3 aromatic rings. The summed E-state index contributed by atoms with van der Waals surface area (Å²) in [4.78, 5) is 24.4.